The molecule has 1 aromatic carbocycles. The van der Waals surface area contributed by atoms with Crippen LogP contribution in [0.2, 0.25) is 0 Å². The maximum absolute atomic E-state index is 10.7. The predicted octanol–water partition coefficient (Wildman–Crippen LogP) is 1.05. The Balaban J connectivity index is 0.00000169. The summed E-state index contributed by atoms with van der Waals surface area (Å²) in [4.78, 5) is 9.90. The van der Waals surface area contributed by atoms with E-state index in [9.17, 15) is 13.2 Å². The van der Waals surface area contributed by atoms with Gasteiger partial charge >= 0.3 is 5.97 Å². The second-order valence-corrected chi connectivity index (χ2v) is 3.67. The van der Waals surface area contributed by atoms with E-state index in [1.54, 1.807) is 0 Å². The zero-order valence-electron chi connectivity index (χ0n) is 6.75. The number of rotatable bonds is 2. The SMILES string of the molecule is Cl.O=C(O)c1ccccc1S(=O)(=O)O. The highest BCUT2D eigenvalue weighted by Crippen LogP contribution is 2.14. The van der Waals surface area contributed by atoms with Crippen molar-refractivity contribution in [1.29, 1.82) is 0 Å². The number of hydrogen-bond acceptors (Lipinski definition) is 3. The largest absolute Gasteiger partial charge is 0.478 e. The van der Waals surface area contributed by atoms with Gasteiger partial charge < -0.3 is 5.11 Å². The van der Waals surface area contributed by atoms with Crippen molar-refractivity contribution < 1.29 is 22.9 Å². The molecule has 0 fully saturated rings. The Morgan fingerprint density at radius 3 is 2.07 bits per heavy atom. The Morgan fingerprint density at radius 1 is 1.21 bits per heavy atom. The van der Waals surface area contributed by atoms with Gasteiger partial charge in [0.2, 0.25) is 0 Å². The molecule has 0 spiro atoms. The van der Waals surface area contributed by atoms with E-state index in [2.05, 4.69) is 0 Å². The minimum Gasteiger partial charge on any atom is -0.478 e. The molecule has 0 amide bonds. The van der Waals surface area contributed by atoms with Gasteiger partial charge in [-0.25, -0.2) is 4.79 Å². The lowest BCUT2D eigenvalue weighted by Gasteiger charge is -2.00. The predicted molar refractivity (Wildman–Crippen MR) is 50.5 cm³/mol. The fourth-order valence-electron chi connectivity index (χ4n) is 0.868. The molecule has 0 heterocycles. The first-order valence-corrected chi connectivity index (χ1v) is 4.67. The van der Waals surface area contributed by atoms with Crippen LogP contribution in [-0.4, -0.2) is 24.0 Å². The van der Waals surface area contributed by atoms with Crippen molar-refractivity contribution in [1.82, 2.24) is 0 Å². The first kappa shape index (κ1) is 12.9. The average molecular weight is 239 g/mol. The van der Waals surface area contributed by atoms with Crippen molar-refractivity contribution in [3.8, 4) is 0 Å². The molecule has 7 heteroatoms. The third-order valence-electron chi connectivity index (χ3n) is 1.40. The summed E-state index contributed by atoms with van der Waals surface area (Å²) in [5.41, 5.74) is -0.440. The van der Waals surface area contributed by atoms with Crippen molar-refractivity contribution in [3.63, 3.8) is 0 Å². The van der Waals surface area contributed by atoms with Gasteiger partial charge in [0.1, 0.15) is 4.90 Å². The van der Waals surface area contributed by atoms with Crippen molar-refractivity contribution >= 4 is 28.5 Å². The van der Waals surface area contributed by atoms with E-state index in [1.807, 2.05) is 0 Å². The molecule has 1 rings (SSSR count). The van der Waals surface area contributed by atoms with Crippen LogP contribution >= 0.6 is 12.4 Å². The van der Waals surface area contributed by atoms with Crippen LogP contribution in [0.1, 0.15) is 10.4 Å². The number of benzene rings is 1. The molecule has 0 saturated carbocycles. The standard InChI is InChI=1S/C7H6O5S.ClH/c8-7(9)5-3-1-2-4-6(5)13(10,11)12;/h1-4H,(H,8,9)(H,10,11,12);1H. The van der Waals surface area contributed by atoms with Crippen LogP contribution in [-0.2, 0) is 10.1 Å². The average Bonchev–Trinajstić information content (AvgIpc) is 2.03. The van der Waals surface area contributed by atoms with Crippen LogP contribution in [0.25, 0.3) is 0 Å². The summed E-state index contributed by atoms with van der Waals surface area (Å²) in [6.07, 6.45) is 0. The number of carboxylic acid groups (broad SMARTS) is 1. The third-order valence-corrected chi connectivity index (χ3v) is 2.31. The minimum absolute atomic E-state index is 0. The Labute approximate surface area is 86.5 Å². The number of hydrogen-bond donors (Lipinski definition) is 2. The van der Waals surface area contributed by atoms with E-state index in [1.165, 1.54) is 12.1 Å². The second kappa shape index (κ2) is 4.41. The number of carboxylic acids is 1. The fraction of sp³-hybridized carbons (Fsp3) is 0. The third kappa shape index (κ3) is 2.69. The molecule has 0 radical (unpaired) electrons. The van der Waals surface area contributed by atoms with Crippen LogP contribution in [0.4, 0.5) is 0 Å². The first-order chi connectivity index (χ1) is 5.93. The van der Waals surface area contributed by atoms with E-state index in [0.29, 0.717) is 0 Å². The molecule has 1 aromatic rings. The van der Waals surface area contributed by atoms with E-state index in [0.717, 1.165) is 12.1 Å². The summed E-state index contributed by atoms with van der Waals surface area (Å²) < 4.78 is 29.9. The van der Waals surface area contributed by atoms with Crippen molar-refractivity contribution in [2.24, 2.45) is 0 Å². The fourth-order valence-corrected chi connectivity index (χ4v) is 1.55. The number of halogens is 1. The van der Waals surface area contributed by atoms with Gasteiger partial charge in [-0.1, -0.05) is 12.1 Å². The molecule has 0 atom stereocenters. The molecular formula is C7H7ClO5S. The number of aromatic carboxylic acids is 1. The number of carbonyl (C=O) groups is 1. The summed E-state index contributed by atoms with van der Waals surface area (Å²) in [6, 6.07) is 4.83. The van der Waals surface area contributed by atoms with E-state index in [4.69, 9.17) is 9.66 Å². The first-order valence-electron chi connectivity index (χ1n) is 3.23. The molecule has 0 bridgehead atoms. The van der Waals surface area contributed by atoms with Gasteiger partial charge in [-0.15, -0.1) is 12.4 Å². The molecular weight excluding hydrogens is 232 g/mol. The molecule has 0 unspecified atom stereocenters. The summed E-state index contributed by atoms with van der Waals surface area (Å²) in [6.45, 7) is 0. The van der Waals surface area contributed by atoms with Crippen LogP contribution in [0.5, 0.6) is 0 Å². The normalized spacial score (nSPS) is 10.4. The monoisotopic (exact) mass is 238 g/mol. The molecule has 0 aliphatic carbocycles. The van der Waals surface area contributed by atoms with Gasteiger partial charge in [0.15, 0.2) is 0 Å². The van der Waals surface area contributed by atoms with Gasteiger partial charge in [0.25, 0.3) is 10.1 Å². The van der Waals surface area contributed by atoms with E-state index < -0.39 is 26.5 Å². The lowest BCUT2D eigenvalue weighted by Crippen LogP contribution is -2.07. The highest BCUT2D eigenvalue weighted by Gasteiger charge is 2.18. The van der Waals surface area contributed by atoms with Crippen molar-refractivity contribution in [2.45, 2.75) is 4.90 Å². The van der Waals surface area contributed by atoms with Gasteiger partial charge in [0, 0.05) is 0 Å². The molecule has 78 valence electrons. The maximum Gasteiger partial charge on any atom is 0.337 e. The quantitative estimate of drug-likeness (QED) is 0.752. The summed E-state index contributed by atoms with van der Waals surface area (Å²) >= 11 is 0. The van der Waals surface area contributed by atoms with Crippen LogP contribution in [0, 0.1) is 0 Å². The lowest BCUT2D eigenvalue weighted by molar-refractivity contribution is 0.0692. The summed E-state index contributed by atoms with van der Waals surface area (Å²) in [5, 5.41) is 8.55. The summed E-state index contributed by atoms with van der Waals surface area (Å²) in [7, 11) is -4.46. The van der Waals surface area contributed by atoms with Crippen LogP contribution in [0.15, 0.2) is 29.2 Å². The molecule has 0 saturated heterocycles. The Morgan fingerprint density at radius 2 is 1.71 bits per heavy atom. The van der Waals surface area contributed by atoms with Crippen LogP contribution < -0.4 is 0 Å². The zero-order valence-corrected chi connectivity index (χ0v) is 8.38. The molecule has 0 aromatic heterocycles. The minimum atomic E-state index is -4.46. The van der Waals surface area contributed by atoms with Crippen molar-refractivity contribution in [2.75, 3.05) is 0 Å². The molecule has 5 nitrogen and oxygen atoms in total. The molecule has 0 aliphatic rings. The van der Waals surface area contributed by atoms with E-state index in [-0.39, 0.29) is 12.4 Å². The van der Waals surface area contributed by atoms with Crippen LogP contribution in [0.3, 0.4) is 0 Å². The summed E-state index contributed by atoms with van der Waals surface area (Å²) in [5.74, 6) is -1.40. The smallest absolute Gasteiger partial charge is 0.337 e. The Bertz CT molecular complexity index is 439. The van der Waals surface area contributed by atoms with Gasteiger partial charge in [-0.3, -0.25) is 4.55 Å². The topological polar surface area (TPSA) is 91.7 Å². The second-order valence-electron chi connectivity index (χ2n) is 2.28. The molecule has 14 heavy (non-hydrogen) atoms. The molecule has 0 aliphatic heterocycles. The lowest BCUT2D eigenvalue weighted by atomic mass is 10.2. The van der Waals surface area contributed by atoms with Gasteiger partial charge in [0.05, 0.1) is 5.56 Å². The maximum atomic E-state index is 10.7. The van der Waals surface area contributed by atoms with E-state index >= 15 is 0 Å². The van der Waals surface area contributed by atoms with Gasteiger partial charge in [-0.05, 0) is 12.1 Å². The Kier molecular flexibility index (Phi) is 4.06. The zero-order chi connectivity index (χ0) is 10.1. The van der Waals surface area contributed by atoms with Crippen molar-refractivity contribution in [3.05, 3.63) is 29.8 Å². The van der Waals surface area contributed by atoms with Gasteiger partial charge in [-0.2, -0.15) is 8.42 Å². The molecule has 2 N–H and O–H groups in total. The highest BCUT2D eigenvalue weighted by atomic mass is 35.5. The highest BCUT2D eigenvalue weighted by molar-refractivity contribution is 7.86. The Hall–Kier alpha value is -1.11.